The summed E-state index contributed by atoms with van der Waals surface area (Å²) < 4.78 is 6.73. The molecule has 2 aromatic rings. The molecule has 202 valence electrons. The number of rotatable bonds is 6. The van der Waals surface area contributed by atoms with Crippen LogP contribution in [0, 0.1) is 11.8 Å². The van der Waals surface area contributed by atoms with Gasteiger partial charge in [-0.05, 0) is 81.2 Å². The molecule has 2 aliphatic heterocycles. The fourth-order valence-electron chi connectivity index (χ4n) is 5.71. The van der Waals surface area contributed by atoms with Crippen molar-refractivity contribution in [1.82, 2.24) is 9.80 Å². The highest BCUT2D eigenvalue weighted by Crippen LogP contribution is 2.39. The molecule has 2 aromatic carbocycles. The van der Waals surface area contributed by atoms with Gasteiger partial charge >= 0.3 is 6.09 Å². The van der Waals surface area contributed by atoms with Gasteiger partial charge in [-0.2, -0.15) is 0 Å². The largest absolute Gasteiger partial charge is 0.444 e. The summed E-state index contributed by atoms with van der Waals surface area (Å²) in [4.78, 5) is 43.3. The highest BCUT2D eigenvalue weighted by molar-refractivity contribution is 9.10. The molecule has 8 heteroatoms. The quantitative estimate of drug-likeness (QED) is 0.482. The summed E-state index contributed by atoms with van der Waals surface area (Å²) in [6, 6.07) is 16.1. The maximum absolute atomic E-state index is 14.0. The molecule has 1 aliphatic carbocycles. The Kier molecular flexibility index (Phi) is 7.54. The average molecular weight is 583 g/mol. The van der Waals surface area contributed by atoms with Crippen molar-refractivity contribution >= 4 is 39.5 Å². The predicted octanol–water partition coefficient (Wildman–Crippen LogP) is 5.59. The van der Waals surface area contributed by atoms with Crippen LogP contribution in [0.2, 0.25) is 0 Å². The molecule has 3 atom stereocenters. The van der Waals surface area contributed by atoms with Crippen molar-refractivity contribution < 1.29 is 19.1 Å². The normalized spacial score (nSPS) is 23.0. The topological polar surface area (TPSA) is 79.0 Å². The third kappa shape index (κ3) is 6.22. The number of carbonyl (C=O) groups is 3. The molecule has 3 aliphatic rings. The van der Waals surface area contributed by atoms with Crippen molar-refractivity contribution in [2.45, 2.75) is 64.0 Å². The fourth-order valence-corrected chi connectivity index (χ4v) is 6.16. The second-order valence-corrected chi connectivity index (χ2v) is 12.8. The van der Waals surface area contributed by atoms with Gasteiger partial charge in [0.2, 0.25) is 11.8 Å². The average Bonchev–Trinajstić information content (AvgIpc) is 3.61. The van der Waals surface area contributed by atoms with Crippen LogP contribution in [0.4, 0.5) is 10.5 Å². The first-order chi connectivity index (χ1) is 18.1. The van der Waals surface area contributed by atoms with Gasteiger partial charge < -0.3 is 19.9 Å². The number of para-hydroxylation sites is 1. The number of benzene rings is 2. The van der Waals surface area contributed by atoms with Crippen molar-refractivity contribution in [2.75, 3.05) is 25.0 Å². The Bertz CT molecular complexity index is 1220. The van der Waals surface area contributed by atoms with Crippen LogP contribution in [-0.4, -0.2) is 59.0 Å². The van der Waals surface area contributed by atoms with E-state index in [0.29, 0.717) is 19.6 Å². The number of likely N-dealkylation sites (tertiary alicyclic amines) is 1. The first kappa shape index (κ1) is 26.7. The Morgan fingerprint density at radius 1 is 1.08 bits per heavy atom. The maximum Gasteiger partial charge on any atom is 0.410 e. The highest BCUT2D eigenvalue weighted by atomic mass is 79.9. The van der Waals surface area contributed by atoms with Crippen LogP contribution in [0.15, 0.2) is 53.0 Å². The summed E-state index contributed by atoms with van der Waals surface area (Å²) in [7, 11) is 0. The molecule has 0 bridgehead atoms. The second-order valence-electron chi connectivity index (χ2n) is 11.9. The SMILES string of the molecule is CC(C)(C)OC(=O)N1C[C@@H](Cc2cccc(Br)c2)[C@H](CN(C(=O)C2CC(=O)Nc3ccccc32)C2CC2)C1. The second kappa shape index (κ2) is 10.7. The lowest BCUT2D eigenvalue weighted by atomic mass is 9.87. The summed E-state index contributed by atoms with van der Waals surface area (Å²) in [6.07, 6.45) is 2.62. The van der Waals surface area contributed by atoms with Gasteiger partial charge in [-0.1, -0.05) is 46.3 Å². The minimum Gasteiger partial charge on any atom is -0.444 e. The monoisotopic (exact) mass is 581 g/mol. The van der Waals surface area contributed by atoms with E-state index in [1.165, 1.54) is 5.56 Å². The van der Waals surface area contributed by atoms with Crippen molar-refractivity contribution in [3.8, 4) is 0 Å². The van der Waals surface area contributed by atoms with E-state index in [1.807, 2.05) is 62.1 Å². The maximum atomic E-state index is 14.0. The molecular weight excluding hydrogens is 546 g/mol. The number of halogens is 1. The molecule has 3 amide bonds. The highest BCUT2D eigenvalue weighted by Gasteiger charge is 2.44. The van der Waals surface area contributed by atoms with E-state index in [-0.39, 0.29) is 42.2 Å². The molecular formula is C30H36BrN3O4. The van der Waals surface area contributed by atoms with Crippen LogP contribution in [-0.2, 0) is 20.7 Å². The van der Waals surface area contributed by atoms with Gasteiger partial charge in [-0.3, -0.25) is 9.59 Å². The number of nitrogens with zero attached hydrogens (tertiary/aromatic N) is 2. The lowest BCUT2D eigenvalue weighted by molar-refractivity contribution is -0.136. The number of carbonyl (C=O) groups excluding carboxylic acids is 3. The van der Waals surface area contributed by atoms with E-state index in [2.05, 4.69) is 33.4 Å². The molecule has 7 nitrogen and oxygen atoms in total. The molecule has 1 saturated carbocycles. The van der Waals surface area contributed by atoms with Crippen LogP contribution >= 0.6 is 15.9 Å². The number of ether oxygens (including phenoxy) is 1. The molecule has 0 radical (unpaired) electrons. The van der Waals surface area contributed by atoms with Crippen LogP contribution in [0.3, 0.4) is 0 Å². The number of hydrogen-bond donors (Lipinski definition) is 1. The van der Waals surface area contributed by atoms with E-state index in [9.17, 15) is 14.4 Å². The number of fused-ring (bicyclic) bond motifs is 1. The molecule has 1 saturated heterocycles. The minimum atomic E-state index is -0.570. The van der Waals surface area contributed by atoms with Gasteiger partial charge in [0.25, 0.3) is 0 Å². The van der Waals surface area contributed by atoms with Crippen LogP contribution in [0.1, 0.15) is 57.1 Å². The molecule has 38 heavy (non-hydrogen) atoms. The summed E-state index contributed by atoms with van der Waals surface area (Å²) >= 11 is 3.57. The Hall–Kier alpha value is -2.87. The van der Waals surface area contributed by atoms with Crippen molar-refractivity contribution in [2.24, 2.45) is 11.8 Å². The summed E-state index contributed by atoms with van der Waals surface area (Å²) in [6.45, 7) is 7.34. The van der Waals surface area contributed by atoms with Crippen molar-refractivity contribution in [3.05, 3.63) is 64.1 Å². The Morgan fingerprint density at radius 2 is 1.82 bits per heavy atom. The zero-order valence-corrected chi connectivity index (χ0v) is 23.9. The number of amides is 3. The summed E-state index contributed by atoms with van der Waals surface area (Å²) in [5, 5.41) is 2.91. The molecule has 0 aromatic heterocycles. The lowest BCUT2D eigenvalue weighted by Crippen LogP contribution is -2.44. The number of hydrogen-bond acceptors (Lipinski definition) is 4. The first-order valence-corrected chi connectivity index (χ1v) is 14.3. The van der Waals surface area contributed by atoms with Gasteiger partial charge in [-0.25, -0.2) is 4.79 Å². The third-order valence-corrected chi connectivity index (χ3v) is 8.11. The predicted molar refractivity (Wildman–Crippen MR) is 150 cm³/mol. The zero-order chi connectivity index (χ0) is 27.0. The van der Waals surface area contributed by atoms with Gasteiger partial charge in [0, 0.05) is 42.3 Å². The van der Waals surface area contributed by atoms with Gasteiger partial charge in [0.15, 0.2) is 0 Å². The molecule has 2 fully saturated rings. The Morgan fingerprint density at radius 3 is 2.53 bits per heavy atom. The van der Waals surface area contributed by atoms with Crippen LogP contribution in [0.25, 0.3) is 0 Å². The lowest BCUT2D eigenvalue weighted by Gasteiger charge is -2.33. The van der Waals surface area contributed by atoms with E-state index in [4.69, 9.17) is 4.74 Å². The van der Waals surface area contributed by atoms with Gasteiger partial charge in [-0.15, -0.1) is 0 Å². The van der Waals surface area contributed by atoms with Gasteiger partial charge in [0.05, 0.1) is 5.92 Å². The van der Waals surface area contributed by atoms with Crippen molar-refractivity contribution in [3.63, 3.8) is 0 Å². The van der Waals surface area contributed by atoms with Crippen molar-refractivity contribution in [1.29, 1.82) is 0 Å². The summed E-state index contributed by atoms with van der Waals surface area (Å²) in [5.74, 6) is -0.284. The van der Waals surface area contributed by atoms with E-state index in [0.717, 1.165) is 35.0 Å². The minimum absolute atomic E-state index is 0.0201. The van der Waals surface area contributed by atoms with E-state index >= 15 is 0 Å². The standard InChI is InChI=1S/C30H36BrN3O4/c1-30(2,3)38-29(37)33-16-20(13-19-7-6-8-22(31)14-19)21(17-33)18-34(23-11-12-23)28(36)25-15-27(35)32-26-10-5-4-9-24(25)26/h4-10,14,20-21,23,25H,11-13,15-18H2,1-3H3,(H,32,35)/t20-,21+,25?/m1/s1. The number of anilines is 1. The molecule has 5 rings (SSSR count). The molecule has 2 heterocycles. The van der Waals surface area contributed by atoms with E-state index < -0.39 is 11.5 Å². The molecule has 0 spiro atoms. The van der Waals surface area contributed by atoms with E-state index in [1.54, 1.807) is 4.90 Å². The molecule has 1 N–H and O–H groups in total. The first-order valence-electron chi connectivity index (χ1n) is 13.5. The smallest absolute Gasteiger partial charge is 0.410 e. The third-order valence-electron chi connectivity index (χ3n) is 7.61. The van der Waals surface area contributed by atoms with Crippen LogP contribution < -0.4 is 5.32 Å². The molecule has 1 unspecified atom stereocenters. The zero-order valence-electron chi connectivity index (χ0n) is 22.3. The summed E-state index contributed by atoms with van der Waals surface area (Å²) in [5.41, 5.74) is 2.24. The number of nitrogens with one attached hydrogen (secondary N) is 1. The van der Waals surface area contributed by atoms with Crippen LogP contribution in [0.5, 0.6) is 0 Å². The Labute approximate surface area is 233 Å². The van der Waals surface area contributed by atoms with Gasteiger partial charge in [0.1, 0.15) is 5.60 Å². The Balaban J connectivity index is 1.38. The fraction of sp³-hybridized carbons (Fsp3) is 0.500.